The maximum absolute atomic E-state index is 11.8. The quantitative estimate of drug-likeness (QED) is 0.135. The Hall–Kier alpha value is -0.530. The highest BCUT2D eigenvalue weighted by molar-refractivity contribution is 5.72. The van der Waals surface area contributed by atoms with Crippen LogP contribution in [0.4, 0.5) is 0 Å². The van der Waals surface area contributed by atoms with E-state index in [4.69, 9.17) is 4.74 Å². The minimum atomic E-state index is 0.0111. The number of rotatable bonds is 22. The molecule has 0 aromatic carbocycles. The fourth-order valence-corrected chi connectivity index (χ4v) is 3.92. The van der Waals surface area contributed by atoms with Crippen LogP contribution in [0.3, 0.4) is 0 Å². The number of esters is 1. The molecule has 168 valence electrons. The van der Waals surface area contributed by atoms with Crippen molar-refractivity contribution in [2.45, 2.75) is 149 Å². The van der Waals surface area contributed by atoms with E-state index in [-0.39, 0.29) is 11.9 Å². The van der Waals surface area contributed by atoms with Gasteiger partial charge in [0.25, 0.3) is 0 Å². The SMILES string of the molecule is CCCCCCCCCCCCCCCCCCCCOC(=O)C(CC)CC. The van der Waals surface area contributed by atoms with Crippen molar-refractivity contribution in [3.8, 4) is 0 Å². The predicted molar refractivity (Wildman–Crippen MR) is 124 cm³/mol. The monoisotopic (exact) mass is 396 g/mol. The minimum Gasteiger partial charge on any atom is -0.465 e. The number of hydrogen-bond donors (Lipinski definition) is 0. The van der Waals surface area contributed by atoms with E-state index in [1.165, 1.54) is 109 Å². The molecular formula is C26H52O2. The Balaban J connectivity index is 3.13. The van der Waals surface area contributed by atoms with Gasteiger partial charge in [-0.25, -0.2) is 0 Å². The van der Waals surface area contributed by atoms with Crippen LogP contribution in [-0.4, -0.2) is 12.6 Å². The Morgan fingerprint density at radius 1 is 0.536 bits per heavy atom. The van der Waals surface area contributed by atoms with E-state index in [9.17, 15) is 4.79 Å². The largest absolute Gasteiger partial charge is 0.465 e. The van der Waals surface area contributed by atoms with Gasteiger partial charge in [-0.15, -0.1) is 0 Å². The summed E-state index contributed by atoms with van der Waals surface area (Å²) in [6.45, 7) is 7.03. The van der Waals surface area contributed by atoms with Crippen LogP contribution in [0.15, 0.2) is 0 Å². The second kappa shape index (κ2) is 22.8. The van der Waals surface area contributed by atoms with Crippen molar-refractivity contribution in [2.24, 2.45) is 5.92 Å². The number of ether oxygens (including phenoxy) is 1. The Labute approximate surface area is 177 Å². The van der Waals surface area contributed by atoms with Gasteiger partial charge >= 0.3 is 5.97 Å². The molecule has 0 aliphatic carbocycles. The molecule has 0 spiro atoms. The third-order valence-electron chi connectivity index (χ3n) is 6.06. The zero-order valence-corrected chi connectivity index (χ0v) is 19.7. The van der Waals surface area contributed by atoms with E-state index in [1.807, 2.05) is 0 Å². The molecule has 0 bridgehead atoms. The highest BCUT2D eigenvalue weighted by Crippen LogP contribution is 2.14. The molecule has 0 aliphatic rings. The number of carbonyl (C=O) groups excluding carboxylic acids is 1. The van der Waals surface area contributed by atoms with E-state index < -0.39 is 0 Å². The van der Waals surface area contributed by atoms with Gasteiger partial charge in [0.15, 0.2) is 0 Å². The molecule has 0 saturated heterocycles. The molecule has 0 aromatic heterocycles. The number of unbranched alkanes of at least 4 members (excludes halogenated alkanes) is 17. The van der Waals surface area contributed by atoms with Gasteiger partial charge in [-0.2, -0.15) is 0 Å². The lowest BCUT2D eigenvalue weighted by Gasteiger charge is -2.11. The molecule has 0 saturated carbocycles. The maximum Gasteiger partial charge on any atom is 0.308 e. The van der Waals surface area contributed by atoms with Crippen molar-refractivity contribution in [1.29, 1.82) is 0 Å². The van der Waals surface area contributed by atoms with Crippen LogP contribution in [0.1, 0.15) is 149 Å². The van der Waals surface area contributed by atoms with E-state index in [0.29, 0.717) is 6.61 Å². The Morgan fingerprint density at radius 2 is 0.857 bits per heavy atom. The average Bonchev–Trinajstić information content (AvgIpc) is 2.70. The molecule has 2 heteroatoms. The molecule has 0 aliphatic heterocycles. The fourth-order valence-electron chi connectivity index (χ4n) is 3.92. The Bertz CT molecular complexity index is 310. The van der Waals surface area contributed by atoms with Gasteiger partial charge < -0.3 is 4.74 Å². The Morgan fingerprint density at radius 3 is 1.18 bits per heavy atom. The molecule has 0 rings (SSSR count). The fraction of sp³-hybridized carbons (Fsp3) is 0.962. The summed E-state index contributed by atoms with van der Waals surface area (Å²) in [6, 6.07) is 0. The lowest BCUT2D eigenvalue weighted by Crippen LogP contribution is -2.16. The number of hydrogen-bond acceptors (Lipinski definition) is 2. The molecule has 0 heterocycles. The zero-order valence-electron chi connectivity index (χ0n) is 19.7. The van der Waals surface area contributed by atoms with Gasteiger partial charge in [-0.3, -0.25) is 4.79 Å². The van der Waals surface area contributed by atoms with Crippen LogP contribution in [0.5, 0.6) is 0 Å². The molecule has 0 aromatic rings. The molecular weight excluding hydrogens is 344 g/mol. The second-order valence-electron chi connectivity index (χ2n) is 8.69. The molecule has 0 atom stereocenters. The average molecular weight is 397 g/mol. The molecule has 0 fully saturated rings. The first-order valence-electron chi connectivity index (χ1n) is 12.9. The first-order valence-corrected chi connectivity index (χ1v) is 12.9. The minimum absolute atomic E-state index is 0.0111. The zero-order chi connectivity index (χ0) is 20.7. The van der Waals surface area contributed by atoms with Crippen molar-refractivity contribution in [1.82, 2.24) is 0 Å². The van der Waals surface area contributed by atoms with Gasteiger partial charge in [-0.1, -0.05) is 130 Å². The van der Waals surface area contributed by atoms with Crippen molar-refractivity contribution < 1.29 is 9.53 Å². The molecule has 0 unspecified atom stereocenters. The van der Waals surface area contributed by atoms with Crippen LogP contribution < -0.4 is 0 Å². The summed E-state index contributed by atoms with van der Waals surface area (Å²) >= 11 is 0. The maximum atomic E-state index is 11.8. The third-order valence-corrected chi connectivity index (χ3v) is 6.06. The van der Waals surface area contributed by atoms with Crippen LogP contribution in [0, 0.1) is 5.92 Å². The Kier molecular flexibility index (Phi) is 22.3. The van der Waals surface area contributed by atoms with Crippen LogP contribution >= 0.6 is 0 Å². The van der Waals surface area contributed by atoms with Gasteiger partial charge in [0.05, 0.1) is 12.5 Å². The van der Waals surface area contributed by atoms with Crippen LogP contribution in [0.25, 0.3) is 0 Å². The second-order valence-corrected chi connectivity index (χ2v) is 8.69. The highest BCUT2D eigenvalue weighted by Gasteiger charge is 2.14. The third kappa shape index (κ3) is 18.8. The number of carbonyl (C=O) groups is 1. The summed E-state index contributed by atoms with van der Waals surface area (Å²) < 4.78 is 5.38. The summed E-state index contributed by atoms with van der Waals surface area (Å²) in [6.07, 6.45) is 26.7. The molecule has 0 N–H and O–H groups in total. The summed E-state index contributed by atoms with van der Waals surface area (Å²) in [4.78, 5) is 11.8. The van der Waals surface area contributed by atoms with Gasteiger partial charge in [0, 0.05) is 0 Å². The summed E-state index contributed by atoms with van der Waals surface area (Å²) in [5.41, 5.74) is 0. The van der Waals surface area contributed by atoms with Gasteiger partial charge in [0.1, 0.15) is 0 Å². The van der Waals surface area contributed by atoms with E-state index >= 15 is 0 Å². The predicted octanol–water partition coefficient (Wildman–Crippen LogP) is 9.01. The van der Waals surface area contributed by atoms with Crippen molar-refractivity contribution in [3.05, 3.63) is 0 Å². The van der Waals surface area contributed by atoms with E-state index in [0.717, 1.165) is 19.3 Å². The van der Waals surface area contributed by atoms with Crippen LogP contribution in [0.2, 0.25) is 0 Å². The van der Waals surface area contributed by atoms with Crippen molar-refractivity contribution >= 4 is 5.97 Å². The normalized spacial score (nSPS) is 11.3. The van der Waals surface area contributed by atoms with E-state index in [2.05, 4.69) is 20.8 Å². The highest BCUT2D eigenvalue weighted by atomic mass is 16.5. The summed E-state index contributed by atoms with van der Waals surface area (Å²) in [7, 11) is 0. The van der Waals surface area contributed by atoms with E-state index in [1.54, 1.807) is 0 Å². The summed E-state index contributed by atoms with van der Waals surface area (Å²) in [5.74, 6) is 0.118. The molecule has 28 heavy (non-hydrogen) atoms. The first kappa shape index (κ1) is 27.5. The molecule has 0 amide bonds. The van der Waals surface area contributed by atoms with Crippen molar-refractivity contribution in [3.63, 3.8) is 0 Å². The molecule has 0 radical (unpaired) electrons. The van der Waals surface area contributed by atoms with Crippen molar-refractivity contribution in [2.75, 3.05) is 6.61 Å². The van der Waals surface area contributed by atoms with Gasteiger partial charge in [-0.05, 0) is 19.3 Å². The van der Waals surface area contributed by atoms with Crippen LogP contribution in [-0.2, 0) is 9.53 Å². The lowest BCUT2D eigenvalue weighted by atomic mass is 10.0. The van der Waals surface area contributed by atoms with Gasteiger partial charge in [0.2, 0.25) is 0 Å². The lowest BCUT2D eigenvalue weighted by molar-refractivity contribution is -0.148. The topological polar surface area (TPSA) is 26.3 Å². The standard InChI is InChI=1S/C26H52O2/c1-4-7-8-9-10-11-12-13-14-15-16-17-18-19-20-21-22-23-24-28-26(27)25(5-2)6-3/h25H,4-24H2,1-3H3. The molecule has 2 nitrogen and oxygen atoms in total. The first-order chi connectivity index (χ1) is 13.8. The smallest absolute Gasteiger partial charge is 0.308 e. The summed E-state index contributed by atoms with van der Waals surface area (Å²) in [5, 5.41) is 0.